The molecule has 0 heterocycles. The smallest absolute Gasteiger partial charge is 0.408 e. The maximum Gasteiger partial charge on any atom is 0.408 e. The number of carbonyl (C=O) groups excluding carboxylic acids is 6. The number of alkyl carbamates (subject to hydrolysis) is 1. The van der Waals surface area contributed by atoms with E-state index >= 15 is 0 Å². The molecule has 6 amide bonds. The Balaban J connectivity index is 2.29. The molecule has 48 heavy (non-hydrogen) atoms. The van der Waals surface area contributed by atoms with Crippen LogP contribution in [0.1, 0.15) is 90.5 Å². The van der Waals surface area contributed by atoms with Gasteiger partial charge in [0.15, 0.2) is 0 Å². The minimum atomic E-state index is -1.69. The lowest BCUT2D eigenvalue weighted by molar-refractivity contribution is -0.139. The predicted octanol–water partition coefficient (Wildman–Crippen LogP) is 0.704. The molecular formula is C32H49N7O9. The zero-order valence-electron chi connectivity index (χ0n) is 27.8. The number of anilines is 1. The molecule has 0 aliphatic heterocycles. The average molecular weight is 676 g/mol. The molecule has 266 valence electrons. The van der Waals surface area contributed by atoms with Crippen molar-refractivity contribution in [3.8, 4) is 0 Å². The van der Waals surface area contributed by atoms with Gasteiger partial charge in [-0.3, -0.25) is 28.8 Å². The van der Waals surface area contributed by atoms with Crippen LogP contribution in [0.2, 0.25) is 0 Å². The Morgan fingerprint density at radius 3 is 2.23 bits per heavy atom. The number of hydrogen-bond acceptors (Lipinski definition) is 9. The number of ether oxygens (including phenoxy) is 1. The van der Waals surface area contributed by atoms with Crippen LogP contribution in [0.25, 0.3) is 0 Å². The summed E-state index contributed by atoms with van der Waals surface area (Å²) in [5, 5.41) is 19.7. The van der Waals surface area contributed by atoms with Crippen LogP contribution in [0, 0.1) is 5.92 Å². The number of rotatable bonds is 18. The Kier molecular flexibility index (Phi) is 14.6. The Morgan fingerprint density at radius 2 is 1.67 bits per heavy atom. The highest BCUT2D eigenvalue weighted by molar-refractivity contribution is 5.98. The average Bonchev–Trinajstić information content (AvgIpc) is 2.99. The maximum atomic E-state index is 13.9. The minimum Gasteiger partial charge on any atom is -0.481 e. The first-order chi connectivity index (χ1) is 22.5. The predicted molar refractivity (Wildman–Crippen MR) is 174 cm³/mol. The van der Waals surface area contributed by atoms with Crippen molar-refractivity contribution in [2.24, 2.45) is 17.4 Å². The lowest BCUT2D eigenvalue weighted by Gasteiger charge is -2.39. The van der Waals surface area contributed by atoms with Crippen LogP contribution in [0.15, 0.2) is 24.3 Å². The summed E-state index contributed by atoms with van der Waals surface area (Å²) in [6, 6.07) is 4.11. The van der Waals surface area contributed by atoms with Gasteiger partial charge in [-0.2, -0.15) is 0 Å². The summed E-state index contributed by atoms with van der Waals surface area (Å²) in [6.45, 7) is 4.90. The number of nitrogens with two attached hydrogens (primary N) is 3. The van der Waals surface area contributed by atoms with Crippen molar-refractivity contribution >= 4 is 47.3 Å². The van der Waals surface area contributed by atoms with Crippen molar-refractivity contribution in [3.05, 3.63) is 29.8 Å². The fourth-order valence-corrected chi connectivity index (χ4v) is 5.55. The van der Waals surface area contributed by atoms with Crippen LogP contribution in [-0.2, 0) is 40.1 Å². The Morgan fingerprint density at radius 1 is 1.00 bits per heavy atom. The number of hydrogen-bond donors (Lipinski definition) is 8. The van der Waals surface area contributed by atoms with Crippen molar-refractivity contribution in [1.82, 2.24) is 21.3 Å². The highest BCUT2D eigenvalue weighted by Gasteiger charge is 2.44. The zero-order valence-corrected chi connectivity index (χ0v) is 27.8. The fraction of sp³-hybridized carbons (Fsp3) is 0.594. The molecule has 0 saturated heterocycles. The standard InChI is InChI=1S/C32H49N7O9/c1-19(2)15-23(27(44)38-32(13-5-4-6-14-32)29(46)36-22(26(35)43)17-24(34)40)37-28(45)31(3,12-8-11-25(41)42)39-30(47)48-18-20-9-7-10-21(33)16-20/h7,9-10,16,19,22-23H,4-6,8,11-15,17-18,33H2,1-3H3,(H2,34,40)(H2,35,43)(H,36,46)(H,37,45)(H,38,44)(H,39,47)(H,41,42)/t22-,23-,31-/m0/s1. The van der Waals surface area contributed by atoms with Crippen LogP contribution < -0.4 is 38.5 Å². The van der Waals surface area contributed by atoms with E-state index in [1.807, 2.05) is 13.8 Å². The molecule has 0 radical (unpaired) electrons. The number of amides is 6. The minimum absolute atomic E-state index is 0.0193. The van der Waals surface area contributed by atoms with Crippen LogP contribution in [0.4, 0.5) is 10.5 Å². The van der Waals surface area contributed by atoms with Crippen LogP contribution in [0.5, 0.6) is 0 Å². The van der Waals surface area contributed by atoms with Crippen LogP contribution in [-0.4, -0.2) is 69.9 Å². The van der Waals surface area contributed by atoms with Gasteiger partial charge in [-0.15, -0.1) is 0 Å². The number of carboxylic acid groups (broad SMARTS) is 1. The number of carbonyl (C=O) groups is 7. The third kappa shape index (κ3) is 12.4. The number of benzene rings is 1. The van der Waals surface area contributed by atoms with Crippen LogP contribution in [0.3, 0.4) is 0 Å². The summed E-state index contributed by atoms with van der Waals surface area (Å²) >= 11 is 0. The molecule has 0 unspecified atom stereocenters. The molecule has 2 rings (SSSR count). The molecule has 3 atom stereocenters. The summed E-state index contributed by atoms with van der Waals surface area (Å²) < 4.78 is 5.30. The van der Waals surface area contributed by atoms with E-state index in [1.54, 1.807) is 24.3 Å². The lowest BCUT2D eigenvalue weighted by Crippen LogP contribution is -2.66. The topological polar surface area (TPSA) is 275 Å². The molecule has 11 N–H and O–H groups in total. The molecule has 1 aliphatic carbocycles. The Labute approximate surface area is 279 Å². The van der Waals surface area contributed by atoms with E-state index in [1.165, 1.54) is 6.92 Å². The zero-order chi connectivity index (χ0) is 36.1. The Hall–Kier alpha value is -4.89. The van der Waals surface area contributed by atoms with E-state index in [-0.39, 0.29) is 51.0 Å². The molecule has 0 spiro atoms. The summed E-state index contributed by atoms with van der Waals surface area (Å²) in [4.78, 5) is 88.7. The monoisotopic (exact) mass is 675 g/mol. The van der Waals surface area contributed by atoms with Gasteiger partial charge < -0.3 is 48.3 Å². The summed E-state index contributed by atoms with van der Waals surface area (Å²) in [7, 11) is 0. The Bertz CT molecular complexity index is 1350. The van der Waals surface area contributed by atoms with E-state index in [0.717, 1.165) is 6.42 Å². The number of carboxylic acids is 1. The number of nitrogens with one attached hydrogen (secondary N) is 4. The molecule has 1 aromatic rings. The van der Waals surface area contributed by atoms with Gasteiger partial charge in [-0.05, 0) is 62.6 Å². The second kappa shape index (κ2) is 17.9. The number of aliphatic carboxylic acids is 1. The molecular weight excluding hydrogens is 626 g/mol. The maximum absolute atomic E-state index is 13.9. The SMILES string of the molecule is CC(C)C[C@H](NC(=O)[C@](C)(CCCC(=O)O)NC(=O)OCc1cccc(N)c1)C(=O)NC1(C(=O)N[C@@H](CC(N)=O)C(N)=O)CCCCC1. The van der Waals surface area contributed by atoms with Crippen molar-refractivity contribution in [3.63, 3.8) is 0 Å². The van der Waals surface area contributed by atoms with Crippen molar-refractivity contribution in [1.29, 1.82) is 0 Å². The normalized spacial score (nSPS) is 16.3. The van der Waals surface area contributed by atoms with Gasteiger partial charge in [0, 0.05) is 12.1 Å². The summed E-state index contributed by atoms with van der Waals surface area (Å²) in [5.41, 5.74) is 14.3. The van der Waals surface area contributed by atoms with Gasteiger partial charge in [-0.25, -0.2) is 4.79 Å². The molecule has 1 aromatic carbocycles. The van der Waals surface area contributed by atoms with E-state index in [0.29, 0.717) is 24.1 Å². The first-order valence-corrected chi connectivity index (χ1v) is 16.0. The molecule has 0 aromatic heterocycles. The van der Waals surface area contributed by atoms with Gasteiger partial charge in [-0.1, -0.05) is 45.2 Å². The number of nitrogen functional groups attached to an aromatic ring is 1. The first-order valence-electron chi connectivity index (χ1n) is 16.0. The van der Waals surface area contributed by atoms with Gasteiger partial charge in [0.25, 0.3) is 0 Å². The van der Waals surface area contributed by atoms with E-state index in [2.05, 4.69) is 21.3 Å². The van der Waals surface area contributed by atoms with Crippen molar-refractivity contribution in [2.45, 2.75) is 115 Å². The molecule has 0 bridgehead atoms. The molecule has 1 fully saturated rings. The highest BCUT2D eigenvalue weighted by Crippen LogP contribution is 2.29. The van der Waals surface area contributed by atoms with E-state index in [4.69, 9.17) is 21.9 Å². The largest absolute Gasteiger partial charge is 0.481 e. The fourth-order valence-electron chi connectivity index (χ4n) is 5.55. The summed E-state index contributed by atoms with van der Waals surface area (Å²) in [5.74, 6) is -5.19. The van der Waals surface area contributed by atoms with Gasteiger partial charge in [0.05, 0.1) is 6.42 Å². The van der Waals surface area contributed by atoms with Gasteiger partial charge >= 0.3 is 12.1 Å². The van der Waals surface area contributed by atoms with Gasteiger partial charge in [0.1, 0.15) is 29.8 Å². The van der Waals surface area contributed by atoms with Gasteiger partial charge in [0.2, 0.25) is 29.5 Å². The van der Waals surface area contributed by atoms with Crippen LogP contribution >= 0.6 is 0 Å². The van der Waals surface area contributed by atoms with E-state index < -0.39 is 71.2 Å². The first kappa shape index (κ1) is 39.3. The lowest BCUT2D eigenvalue weighted by atomic mass is 9.80. The molecule has 16 heteroatoms. The molecule has 1 saturated carbocycles. The third-order valence-electron chi connectivity index (χ3n) is 8.15. The highest BCUT2D eigenvalue weighted by atomic mass is 16.5. The van der Waals surface area contributed by atoms with Crippen molar-refractivity contribution < 1.29 is 43.4 Å². The molecule has 16 nitrogen and oxygen atoms in total. The second-order valence-electron chi connectivity index (χ2n) is 12.9. The third-order valence-corrected chi connectivity index (χ3v) is 8.15. The second-order valence-corrected chi connectivity index (χ2v) is 12.9. The summed E-state index contributed by atoms with van der Waals surface area (Å²) in [6.07, 6.45) is 0.714. The molecule has 1 aliphatic rings. The van der Waals surface area contributed by atoms with Crippen molar-refractivity contribution in [2.75, 3.05) is 5.73 Å². The number of primary amides is 2. The van der Waals surface area contributed by atoms with E-state index in [9.17, 15) is 38.7 Å². The quantitative estimate of drug-likeness (QED) is 0.101.